The minimum atomic E-state index is -0.826. The van der Waals surface area contributed by atoms with Crippen molar-refractivity contribution >= 4 is 22.9 Å². The van der Waals surface area contributed by atoms with Gasteiger partial charge in [-0.2, -0.15) is 0 Å². The van der Waals surface area contributed by atoms with Gasteiger partial charge in [0.25, 0.3) is 0 Å². The molecule has 0 radical (unpaired) electrons. The Hall–Kier alpha value is -2.57. The van der Waals surface area contributed by atoms with Gasteiger partial charge in [0.2, 0.25) is 5.91 Å². The number of nitrogens with one attached hydrogen (secondary N) is 2. The first kappa shape index (κ1) is 13.4. The number of para-hydroxylation sites is 2. The zero-order valence-electron chi connectivity index (χ0n) is 11.2. The molecule has 1 saturated carbocycles. The number of hydrogen-bond donors (Lipinski definition) is 3. The monoisotopic (exact) mass is 289 g/mol. The lowest BCUT2D eigenvalue weighted by Crippen LogP contribution is -2.48. The van der Waals surface area contributed by atoms with E-state index in [1.54, 1.807) is 18.2 Å². The molecule has 0 unspecified atom stereocenters. The fraction of sp³-hybridized carbons (Fsp3) is 0.357. The maximum Gasteiger partial charge on any atom is 0.326 e. The molecule has 0 atom stereocenters. The lowest BCUT2D eigenvalue weighted by atomic mass is 9.80. The van der Waals surface area contributed by atoms with Gasteiger partial charge in [-0.1, -0.05) is 12.1 Å². The fourth-order valence-corrected chi connectivity index (χ4v) is 2.62. The van der Waals surface area contributed by atoms with Crippen molar-refractivity contribution in [2.45, 2.75) is 25.4 Å². The zero-order chi connectivity index (χ0) is 15.0. The van der Waals surface area contributed by atoms with Crippen LogP contribution in [-0.2, 0) is 16.1 Å². The summed E-state index contributed by atoms with van der Waals surface area (Å²) in [4.78, 5) is 37.2. The van der Waals surface area contributed by atoms with Crippen molar-refractivity contribution in [2.75, 3.05) is 0 Å². The lowest BCUT2D eigenvalue weighted by molar-refractivity contribution is -0.146. The number of aromatic amines is 1. The van der Waals surface area contributed by atoms with E-state index in [-0.39, 0.29) is 30.1 Å². The third kappa shape index (κ3) is 2.54. The molecule has 1 aliphatic rings. The van der Waals surface area contributed by atoms with Gasteiger partial charge in [-0.25, -0.2) is 4.79 Å². The molecule has 1 heterocycles. The highest BCUT2D eigenvalue weighted by Crippen LogP contribution is 2.27. The average molecular weight is 289 g/mol. The van der Waals surface area contributed by atoms with E-state index in [0.717, 1.165) is 0 Å². The first-order chi connectivity index (χ1) is 10.0. The van der Waals surface area contributed by atoms with E-state index in [0.29, 0.717) is 23.9 Å². The summed E-state index contributed by atoms with van der Waals surface area (Å²) in [5.74, 6) is -1.48. The van der Waals surface area contributed by atoms with Gasteiger partial charge in [-0.3, -0.25) is 14.2 Å². The number of carbonyl (C=O) groups excluding carboxylic acids is 1. The highest BCUT2D eigenvalue weighted by Gasteiger charge is 2.35. The average Bonchev–Trinajstić information content (AvgIpc) is 2.70. The fourth-order valence-electron chi connectivity index (χ4n) is 2.62. The summed E-state index contributed by atoms with van der Waals surface area (Å²) >= 11 is 0. The van der Waals surface area contributed by atoms with Crippen LogP contribution in [0.3, 0.4) is 0 Å². The second-order valence-corrected chi connectivity index (χ2v) is 5.30. The Morgan fingerprint density at radius 1 is 1.33 bits per heavy atom. The molecule has 2 aromatic rings. The molecule has 3 N–H and O–H groups in total. The van der Waals surface area contributed by atoms with Crippen LogP contribution in [0.5, 0.6) is 0 Å². The van der Waals surface area contributed by atoms with E-state index >= 15 is 0 Å². The maximum atomic E-state index is 12.0. The Balaban J connectivity index is 1.66. The number of carboxylic acid groups (broad SMARTS) is 1. The Morgan fingerprint density at radius 2 is 2.05 bits per heavy atom. The van der Waals surface area contributed by atoms with Crippen molar-refractivity contribution in [1.82, 2.24) is 14.9 Å². The Labute approximate surface area is 119 Å². The summed E-state index contributed by atoms with van der Waals surface area (Å²) in [6.07, 6.45) is 0.897. The van der Waals surface area contributed by atoms with E-state index in [1.807, 2.05) is 6.07 Å². The number of imidazole rings is 1. The number of aromatic nitrogens is 2. The van der Waals surface area contributed by atoms with Crippen LogP contribution in [0.1, 0.15) is 12.8 Å². The number of amides is 1. The molecule has 1 aromatic carbocycles. The highest BCUT2D eigenvalue weighted by molar-refractivity contribution is 5.81. The second-order valence-electron chi connectivity index (χ2n) is 5.30. The molecular formula is C14H15N3O4. The molecule has 0 spiro atoms. The predicted octanol–water partition coefficient (Wildman–Crippen LogP) is 0.309. The van der Waals surface area contributed by atoms with Crippen LogP contribution in [0.25, 0.3) is 11.0 Å². The molecular weight excluding hydrogens is 274 g/mol. The SMILES string of the molecule is O=C(Cn1c(=O)[nH]c2ccccc21)NC1CC(C(=O)O)C1. The van der Waals surface area contributed by atoms with Gasteiger partial charge in [-0.15, -0.1) is 0 Å². The quantitative estimate of drug-likeness (QED) is 0.753. The van der Waals surface area contributed by atoms with Gasteiger partial charge < -0.3 is 15.4 Å². The van der Waals surface area contributed by atoms with Crippen LogP contribution >= 0.6 is 0 Å². The predicted molar refractivity (Wildman–Crippen MR) is 74.8 cm³/mol. The molecule has 21 heavy (non-hydrogen) atoms. The molecule has 110 valence electrons. The summed E-state index contributed by atoms with van der Waals surface area (Å²) in [7, 11) is 0. The maximum absolute atomic E-state index is 12.0. The van der Waals surface area contributed by atoms with Crippen molar-refractivity contribution in [3.8, 4) is 0 Å². The van der Waals surface area contributed by atoms with Gasteiger partial charge in [-0.05, 0) is 25.0 Å². The Bertz CT molecular complexity index is 755. The zero-order valence-corrected chi connectivity index (χ0v) is 11.2. The molecule has 7 heteroatoms. The van der Waals surface area contributed by atoms with Crippen LogP contribution in [0.2, 0.25) is 0 Å². The number of H-pyrrole nitrogens is 1. The number of aliphatic carboxylic acids is 1. The second kappa shape index (κ2) is 5.08. The standard InChI is InChI=1S/C14H15N3O4/c18-12(15-9-5-8(6-9)13(19)20)7-17-11-4-2-1-3-10(11)16-14(17)21/h1-4,8-9H,5-7H2,(H,15,18)(H,16,21)(H,19,20). The van der Waals surface area contributed by atoms with Crippen molar-refractivity contribution in [3.05, 3.63) is 34.7 Å². The van der Waals surface area contributed by atoms with Crippen LogP contribution in [0.4, 0.5) is 0 Å². The highest BCUT2D eigenvalue weighted by atomic mass is 16.4. The van der Waals surface area contributed by atoms with Crippen LogP contribution in [-0.4, -0.2) is 32.6 Å². The van der Waals surface area contributed by atoms with E-state index in [9.17, 15) is 14.4 Å². The molecule has 3 rings (SSSR count). The summed E-state index contributed by atoms with van der Waals surface area (Å²) in [6.45, 7) is -0.0723. The topological polar surface area (TPSA) is 104 Å². The third-order valence-electron chi connectivity index (χ3n) is 3.84. The number of fused-ring (bicyclic) bond motifs is 1. The van der Waals surface area contributed by atoms with Gasteiger partial charge in [0.15, 0.2) is 0 Å². The number of benzene rings is 1. The number of carboxylic acids is 1. The van der Waals surface area contributed by atoms with Crippen molar-refractivity contribution in [1.29, 1.82) is 0 Å². The molecule has 1 amide bonds. The molecule has 0 saturated heterocycles. The summed E-state index contributed by atoms with van der Waals surface area (Å²) in [5.41, 5.74) is 1.03. The molecule has 1 aliphatic carbocycles. The largest absolute Gasteiger partial charge is 0.481 e. The van der Waals surface area contributed by atoms with Gasteiger partial charge in [0, 0.05) is 6.04 Å². The number of carbonyl (C=O) groups is 2. The summed E-state index contributed by atoms with van der Waals surface area (Å²) in [6, 6.07) is 7.04. The lowest BCUT2D eigenvalue weighted by Gasteiger charge is -2.32. The van der Waals surface area contributed by atoms with Crippen molar-refractivity contribution in [2.24, 2.45) is 5.92 Å². The van der Waals surface area contributed by atoms with Gasteiger partial charge >= 0.3 is 11.7 Å². The Morgan fingerprint density at radius 3 is 2.76 bits per heavy atom. The van der Waals surface area contributed by atoms with Crippen molar-refractivity contribution < 1.29 is 14.7 Å². The minimum absolute atomic E-state index is 0.0723. The van der Waals surface area contributed by atoms with E-state index in [4.69, 9.17) is 5.11 Å². The van der Waals surface area contributed by atoms with Gasteiger partial charge in [0.1, 0.15) is 6.54 Å². The number of rotatable bonds is 4. The smallest absolute Gasteiger partial charge is 0.326 e. The first-order valence-corrected chi connectivity index (χ1v) is 6.74. The molecule has 0 bridgehead atoms. The van der Waals surface area contributed by atoms with E-state index < -0.39 is 5.97 Å². The number of hydrogen-bond acceptors (Lipinski definition) is 3. The van der Waals surface area contributed by atoms with Crippen molar-refractivity contribution in [3.63, 3.8) is 0 Å². The minimum Gasteiger partial charge on any atom is -0.481 e. The third-order valence-corrected chi connectivity index (χ3v) is 3.84. The van der Waals surface area contributed by atoms with Gasteiger partial charge in [0.05, 0.1) is 17.0 Å². The normalized spacial score (nSPS) is 21.0. The first-order valence-electron chi connectivity index (χ1n) is 6.74. The molecule has 1 fully saturated rings. The van der Waals surface area contributed by atoms with Crippen LogP contribution < -0.4 is 11.0 Å². The molecule has 0 aliphatic heterocycles. The van der Waals surface area contributed by atoms with Crippen LogP contribution in [0, 0.1) is 5.92 Å². The van der Waals surface area contributed by atoms with Crippen LogP contribution in [0.15, 0.2) is 29.1 Å². The molecule has 1 aromatic heterocycles. The summed E-state index contributed by atoms with van der Waals surface area (Å²) < 4.78 is 1.37. The van der Waals surface area contributed by atoms with E-state index in [1.165, 1.54) is 4.57 Å². The Kier molecular flexibility index (Phi) is 3.25. The van der Waals surface area contributed by atoms with E-state index in [2.05, 4.69) is 10.3 Å². The number of nitrogens with zero attached hydrogens (tertiary/aromatic N) is 1. The summed E-state index contributed by atoms with van der Waals surface area (Å²) in [5, 5.41) is 11.5. The molecule has 7 nitrogen and oxygen atoms in total.